The van der Waals surface area contributed by atoms with Crippen molar-refractivity contribution in [2.75, 3.05) is 0 Å². The van der Waals surface area contributed by atoms with Crippen LogP contribution in [0.3, 0.4) is 0 Å². The minimum atomic E-state index is 0.106. The monoisotopic (exact) mass is 221 g/mol. The Morgan fingerprint density at radius 1 is 1.31 bits per heavy atom. The third-order valence-corrected chi connectivity index (χ3v) is 3.59. The first-order valence-electron chi connectivity index (χ1n) is 6.47. The van der Waals surface area contributed by atoms with E-state index in [-0.39, 0.29) is 5.54 Å². The van der Waals surface area contributed by atoms with Gasteiger partial charge >= 0.3 is 0 Å². The highest BCUT2D eigenvalue weighted by Gasteiger charge is 2.20. The molecule has 1 fully saturated rings. The Morgan fingerprint density at radius 3 is 2.62 bits per heavy atom. The molecule has 0 aliphatic heterocycles. The zero-order chi connectivity index (χ0) is 11.6. The molecule has 0 aromatic carbocycles. The fourth-order valence-electron chi connectivity index (χ4n) is 2.62. The van der Waals surface area contributed by atoms with Crippen LogP contribution in [0, 0.1) is 5.92 Å². The van der Waals surface area contributed by atoms with Crippen LogP contribution in [0.25, 0.3) is 0 Å². The van der Waals surface area contributed by atoms with Crippen molar-refractivity contribution in [3.05, 3.63) is 12.2 Å². The van der Waals surface area contributed by atoms with Crippen LogP contribution in [0.4, 0.5) is 0 Å². The van der Waals surface area contributed by atoms with Gasteiger partial charge in [0.2, 0.25) is 0 Å². The molecule has 0 radical (unpaired) electrons. The van der Waals surface area contributed by atoms with Crippen LogP contribution in [-0.4, -0.2) is 14.8 Å². The van der Waals surface area contributed by atoms with E-state index in [9.17, 15) is 0 Å². The zero-order valence-electron chi connectivity index (χ0n) is 10.7. The topological polar surface area (TPSA) is 30.7 Å². The lowest BCUT2D eigenvalue weighted by Crippen LogP contribution is -2.23. The van der Waals surface area contributed by atoms with Gasteiger partial charge in [-0.1, -0.05) is 25.7 Å². The molecule has 1 aromatic rings. The van der Waals surface area contributed by atoms with Gasteiger partial charge in [-0.15, -0.1) is 10.2 Å². The Hall–Kier alpha value is -0.860. The van der Waals surface area contributed by atoms with Gasteiger partial charge in [-0.25, -0.2) is 0 Å². The molecule has 1 aromatic heterocycles. The SMILES string of the molecule is CC(C)(C)n1cnnc1CCC1CCCC1. The van der Waals surface area contributed by atoms with E-state index < -0.39 is 0 Å². The molecule has 0 unspecified atom stereocenters. The van der Waals surface area contributed by atoms with Crippen molar-refractivity contribution in [3.8, 4) is 0 Å². The second kappa shape index (κ2) is 4.56. The molecule has 3 heteroatoms. The first-order chi connectivity index (χ1) is 7.57. The lowest BCUT2D eigenvalue weighted by Gasteiger charge is -2.22. The van der Waals surface area contributed by atoms with Crippen molar-refractivity contribution in [3.63, 3.8) is 0 Å². The number of rotatable bonds is 3. The van der Waals surface area contributed by atoms with Crippen LogP contribution in [0.2, 0.25) is 0 Å². The maximum absolute atomic E-state index is 4.26. The van der Waals surface area contributed by atoms with Gasteiger partial charge in [-0.05, 0) is 33.1 Å². The van der Waals surface area contributed by atoms with Gasteiger partial charge in [0.1, 0.15) is 12.2 Å². The first-order valence-corrected chi connectivity index (χ1v) is 6.47. The molecule has 3 nitrogen and oxygen atoms in total. The van der Waals surface area contributed by atoms with E-state index in [1.165, 1.54) is 32.1 Å². The molecule has 0 atom stereocenters. The fourth-order valence-corrected chi connectivity index (χ4v) is 2.62. The predicted octanol–water partition coefficient (Wildman–Crippen LogP) is 3.16. The van der Waals surface area contributed by atoms with Crippen molar-refractivity contribution in [2.24, 2.45) is 5.92 Å². The normalized spacial score (nSPS) is 18.2. The van der Waals surface area contributed by atoms with Crippen molar-refractivity contribution < 1.29 is 0 Å². The zero-order valence-corrected chi connectivity index (χ0v) is 10.7. The van der Waals surface area contributed by atoms with Gasteiger partial charge in [-0.3, -0.25) is 0 Å². The first kappa shape index (κ1) is 11.6. The standard InChI is InChI=1S/C13H23N3/c1-13(2,3)16-10-14-15-12(16)9-8-11-6-4-5-7-11/h10-11H,4-9H2,1-3H3. The van der Waals surface area contributed by atoms with Crippen LogP contribution < -0.4 is 0 Å². The van der Waals surface area contributed by atoms with Crippen molar-refractivity contribution >= 4 is 0 Å². The highest BCUT2D eigenvalue weighted by molar-refractivity contribution is 4.92. The summed E-state index contributed by atoms with van der Waals surface area (Å²) in [5.41, 5.74) is 0.106. The lowest BCUT2D eigenvalue weighted by molar-refractivity contribution is 0.374. The molecule has 0 N–H and O–H groups in total. The number of hydrogen-bond donors (Lipinski definition) is 0. The van der Waals surface area contributed by atoms with Gasteiger partial charge in [-0.2, -0.15) is 0 Å². The average Bonchev–Trinajstić information content (AvgIpc) is 2.85. The van der Waals surface area contributed by atoms with E-state index in [0.717, 1.165) is 18.2 Å². The van der Waals surface area contributed by atoms with E-state index >= 15 is 0 Å². The third-order valence-electron chi connectivity index (χ3n) is 3.59. The summed E-state index contributed by atoms with van der Waals surface area (Å²) in [5.74, 6) is 2.09. The van der Waals surface area contributed by atoms with Crippen LogP contribution in [0.1, 0.15) is 58.7 Å². The number of nitrogens with zero attached hydrogens (tertiary/aromatic N) is 3. The predicted molar refractivity (Wildman–Crippen MR) is 65.3 cm³/mol. The van der Waals surface area contributed by atoms with Gasteiger partial charge in [0.15, 0.2) is 0 Å². The summed E-state index contributed by atoms with van der Waals surface area (Å²) in [6.45, 7) is 6.61. The van der Waals surface area contributed by atoms with E-state index in [4.69, 9.17) is 0 Å². The van der Waals surface area contributed by atoms with E-state index in [1.807, 2.05) is 6.33 Å². The summed E-state index contributed by atoms with van der Waals surface area (Å²) >= 11 is 0. The minimum Gasteiger partial charge on any atom is -0.312 e. The molecule has 1 saturated carbocycles. The molecular weight excluding hydrogens is 198 g/mol. The highest BCUT2D eigenvalue weighted by atomic mass is 15.3. The molecule has 0 amide bonds. The molecule has 2 rings (SSSR count). The maximum Gasteiger partial charge on any atom is 0.133 e. The molecule has 16 heavy (non-hydrogen) atoms. The molecule has 1 heterocycles. The van der Waals surface area contributed by atoms with Gasteiger partial charge in [0, 0.05) is 12.0 Å². The molecule has 0 bridgehead atoms. The Kier molecular flexibility index (Phi) is 3.31. The lowest BCUT2D eigenvalue weighted by atomic mass is 10.0. The van der Waals surface area contributed by atoms with Gasteiger partial charge in [0.05, 0.1) is 0 Å². The van der Waals surface area contributed by atoms with Gasteiger partial charge < -0.3 is 4.57 Å². The number of aryl methyl sites for hydroxylation is 1. The van der Waals surface area contributed by atoms with Crippen LogP contribution in [0.5, 0.6) is 0 Å². The summed E-state index contributed by atoms with van der Waals surface area (Å²) < 4.78 is 2.21. The minimum absolute atomic E-state index is 0.106. The van der Waals surface area contributed by atoms with Crippen molar-refractivity contribution in [1.82, 2.24) is 14.8 Å². The van der Waals surface area contributed by atoms with Crippen LogP contribution in [0.15, 0.2) is 6.33 Å². The number of hydrogen-bond acceptors (Lipinski definition) is 2. The van der Waals surface area contributed by atoms with E-state index in [0.29, 0.717) is 0 Å². The van der Waals surface area contributed by atoms with Crippen molar-refractivity contribution in [1.29, 1.82) is 0 Å². The smallest absolute Gasteiger partial charge is 0.133 e. The Morgan fingerprint density at radius 2 is 2.00 bits per heavy atom. The average molecular weight is 221 g/mol. The summed E-state index contributed by atoms with van der Waals surface area (Å²) in [4.78, 5) is 0. The quantitative estimate of drug-likeness (QED) is 0.785. The van der Waals surface area contributed by atoms with Crippen molar-refractivity contribution in [2.45, 2.75) is 64.8 Å². The summed E-state index contributed by atoms with van der Waals surface area (Å²) in [7, 11) is 0. The van der Waals surface area contributed by atoms with Crippen LogP contribution >= 0.6 is 0 Å². The molecule has 1 aliphatic rings. The van der Waals surface area contributed by atoms with E-state index in [2.05, 4.69) is 35.5 Å². The maximum atomic E-state index is 4.26. The highest BCUT2D eigenvalue weighted by Crippen LogP contribution is 2.28. The Labute approximate surface area is 98.3 Å². The molecule has 0 spiro atoms. The summed E-state index contributed by atoms with van der Waals surface area (Å²) in [6.07, 6.45) is 9.93. The summed E-state index contributed by atoms with van der Waals surface area (Å²) in [6, 6.07) is 0. The summed E-state index contributed by atoms with van der Waals surface area (Å²) in [5, 5.41) is 8.30. The molecular formula is C13H23N3. The molecule has 1 aliphatic carbocycles. The molecule has 0 saturated heterocycles. The molecule has 90 valence electrons. The van der Waals surface area contributed by atoms with Gasteiger partial charge in [0.25, 0.3) is 0 Å². The Balaban J connectivity index is 1.96. The largest absolute Gasteiger partial charge is 0.312 e. The van der Waals surface area contributed by atoms with Crippen LogP contribution in [-0.2, 0) is 12.0 Å². The Bertz CT molecular complexity index is 329. The fraction of sp³-hybridized carbons (Fsp3) is 0.846. The van der Waals surface area contributed by atoms with E-state index in [1.54, 1.807) is 0 Å². The second-order valence-corrected chi connectivity index (χ2v) is 5.98. The second-order valence-electron chi connectivity index (χ2n) is 5.98. The number of aromatic nitrogens is 3. The third kappa shape index (κ3) is 2.63.